The monoisotopic (exact) mass is 516 g/mol. The summed E-state index contributed by atoms with van der Waals surface area (Å²) >= 11 is 2.56. The number of aromatic nitrogens is 3. The van der Waals surface area contributed by atoms with Crippen molar-refractivity contribution in [3.05, 3.63) is 53.6 Å². The summed E-state index contributed by atoms with van der Waals surface area (Å²) in [5, 5.41) is 5.59. The highest BCUT2D eigenvalue weighted by molar-refractivity contribution is 7.99. The van der Waals surface area contributed by atoms with Gasteiger partial charge in [-0.25, -0.2) is 19.3 Å². The fourth-order valence-corrected chi connectivity index (χ4v) is 4.95. The Bertz CT molecular complexity index is 1170. The summed E-state index contributed by atoms with van der Waals surface area (Å²) < 4.78 is 19.0. The van der Waals surface area contributed by atoms with E-state index in [1.165, 1.54) is 35.5 Å². The van der Waals surface area contributed by atoms with Gasteiger partial charge in [0.15, 0.2) is 5.13 Å². The van der Waals surface area contributed by atoms with Gasteiger partial charge in [-0.05, 0) is 19.1 Å². The highest BCUT2D eigenvalue weighted by atomic mass is 32.2. The Morgan fingerprint density at radius 3 is 2.71 bits per heavy atom. The third kappa shape index (κ3) is 6.89. The molecule has 0 radical (unpaired) electrons. The van der Waals surface area contributed by atoms with Gasteiger partial charge in [0.2, 0.25) is 5.91 Å². The molecule has 1 N–H and O–H groups in total. The molecule has 0 unspecified atom stereocenters. The molecule has 0 aliphatic carbocycles. The number of halogens is 1. The van der Waals surface area contributed by atoms with Crippen molar-refractivity contribution in [3.8, 4) is 0 Å². The summed E-state index contributed by atoms with van der Waals surface area (Å²) in [6.45, 7) is 4.83. The zero-order chi connectivity index (χ0) is 24.6. The summed E-state index contributed by atoms with van der Waals surface area (Å²) in [4.78, 5) is 41.0. The second-order valence-electron chi connectivity index (χ2n) is 7.60. The van der Waals surface area contributed by atoms with Crippen molar-refractivity contribution >= 4 is 51.6 Å². The molecule has 0 bridgehead atoms. The SMILES string of the molecule is CCOC(=O)Cc1csc(NC(=O)CSc2cc(N3CCN(c4ccccc4F)CC3)ncn2)n1. The third-order valence-corrected chi connectivity index (χ3v) is 6.94. The summed E-state index contributed by atoms with van der Waals surface area (Å²) in [6.07, 6.45) is 1.56. The number of ether oxygens (including phenoxy) is 1. The quantitative estimate of drug-likeness (QED) is 0.261. The Morgan fingerprint density at radius 1 is 1.17 bits per heavy atom. The molecule has 1 amide bonds. The molecule has 2 aromatic heterocycles. The van der Waals surface area contributed by atoms with Crippen LogP contribution in [0.3, 0.4) is 0 Å². The van der Waals surface area contributed by atoms with Gasteiger partial charge >= 0.3 is 5.97 Å². The van der Waals surface area contributed by atoms with E-state index in [1.54, 1.807) is 24.4 Å². The summed E-state index contributed by atoms with van der Waals surface area (Å²) in [7, 11) is 0. The average Bonchev–Trinajstić information content (AvgIpc) is 3.30. The minimum Gasteiger partial charge on any atom is -0.466 e. The van der Waals surface area contributed by atoms with Crippen molar-refractivity contribution in [1.82, 2.24) is 15.0 Å². The molecule has 4 rings (SSSR count). The number of hydrogen-bond donors (Lipinski definition) is 1. The van der Waals surface area contributed by atoms with Crippen molar-refractivity contribution in [3.63, 3.8) is 0 Å². The molecule has 9 nitrogen and oxygen atoms in total. The van der Waals surface area contributed by atoms with Gasteiger partial charge in [-0.15, -0.1) is 11.3 Å². The highest BCUT2D eigenvalue weighted by Crippen LogP contribution is 2.24. The first-order valence-corrected chi connectivity index (χ1v) is 13.0. The van der Waals surface area contributed by atoms with Crippen LogP contribution in [0.25, 0.3) is 0 Å². The molecule has 3 aromatic rings. The lowest BCUT2D eigenvalue weighted by molar-refractivity contribution is -0.142. The van der Waals surface area contributed by atoms with Crippen molar-refractivity contribution in [1.29, 1.82) is 0 Å². The fourth-order valence-electron chi connectivity index (χ4n) is 3.57. The number of thiazole rings is 1. The van der Waals surface area contributed by atoms with Gasteiger partial charge in [-0.1, -0.05) is 23.9 Å². The summed E-state index contributed by atoms with van der Waals surface area (Å²) in [5.74, 6) is 0.155. The molecule has 0 spiro atoms. The molecule has 3 heterocycles. The van der Waals surface area contributed by atoms with Gasteiger partial charge in [0, 0.05) is 37.6 Å². The van der Waals surface area contributed by atoms with Gasteiger partial charge < -0.3 is 19.9 Å². The number of anilines is 3. The molecule has 35 heavy (non-hydrogen) atoms. The van der Waals surface area contributed by atoms with Crippen LogP contribution in [-0.2, 0) is 20.7 Å². The first kappa shape index (κ1) is 24.9. The third-order valence-electron chi connectivity index (χ3n) is 5.20. The van der Waals surface area contributed by atoms with Crippen LogP contribution in [0.2, 0.25) is 0 Å². The number of para-hydroxylation sites is 1. The number of carbonyl (C=O) groups is 2. The van der Waals surface area contributed by atoms with Crippen LogP contribution in [0.5, 0.6) is 0 Å². The standard InChI is InChI=1S/C23H25FN6O3S2/c1-2-33-22(32)11-16-13-35-23(27-16)28-20(31)14-34-21-12-19(25-15-26-21)30-9-7-29(8-10-30)18-6-4-3-5-17(18)24/h3-6,12-13,15H,2,7-11,14H2,1H3,(H,27,28,31). The van der Waals surface area contributed by atoms with E-state index in [0.717, 1.165) is 5.82 Å². The molecule has 0 atom stereocenters. The number of nitrogens with zero attached hydrogens (tertiary/aromatic N) is 5. The smallest absolute Gasteiger partial charge is 0.311 e. The largest absolute Gasteiger partial charge is 0.466 e. The summed E-state index contributed by atoms with van der Waals surface area (Å²) in [5.41, 5.74) is 1.18. The Morgan fingerprint density at radius 2 is 1.94 bits per heavy atom. The first-order chi connectivity index (χ1) is 17.0. The van der Waals surface area contributed by atoms with Gasteiger partial charge in [-0.2, -0.15) is 0 Å². The van der Waals surface area contributed by atoms with Crippen molar-refractivity contribution in [2.75, 3.05) is 53.7 Å². The van der Waals surface area contributed by atoms with Gasteiger partial charge in [0.25, 0.3) is 0 Å². The van der Waals surface area contributed by atoms with E-state index in [0.29, 0.717) is 54.3 Å². The maximum Gasteiger partial charge on any atom is 0.311 e. The Hall–Kier alpha value is -3.25. The lowest BCUT2D eigenvalue weighted by Gasteiger charge is -2.36. The van der Waals surface area contributed by atoms with Crippen LogP contribution in [0.1, 0.15) is 12.6 Å². The Kier molecular flexibility index (Phi) is 8.48. The van der Waals surface area contributed by atoms with Crippen molar-refractivity contribution in [2.24, 2.45) is 0 Å². The molecule has 1 fully saturated rings. The maximum absolute atomic E-state index is 14.1. The van der Waals surface area contributed by atoms with E-state index in [-0.39, 0.29) is 29.9 Å². The zero-order valence-corrected chi connectivity index (χ0v) is 20.8. The number of nitrogens with one attached hydrogen (secondary N) is 1. The molecule has 1 saturated heterocycles. The lowest BCUT2D eigenvalue weighted by atomic mass is 10.2. The predicted molar refractivity (Wildman–Crippen MR) is 135 cm³/mol. The molecular weight excluding hydrogens is 491 g/mol. The van der Waals surface area contributed by atoms with Crippen molar-refractivity contribution in [2.45, 2.75) is 18.4 Å². The minimum atomic E-state index is -0.348. The molecule has 184 valence electrons. The molecule has 0 saturated carbocycles. The number of benzene rings is 1. The number of rotatable bonds is 9. The fraction of sp³-hybridized carbons (Fsp3) is 0.348. The topological polar surface area (TPSA) is 101 Å². The highest BCUT2D eigenvalue weighted by Gasteiger charge is 2.21. The van der Waals surface area contributed by atoms with E-state index in [2.05, 4.69) is 25.2 Å². The van der Waals surface area contributed by atoms with E-state index in [1.807, 2.05) is 17.0 Å². The lowest BCUT2D eigenvalue weighted by Crippen LogP contribution is -2.47. The first-order valence-electron chi connectivity index (χ1n) is 11.1. The van der Waals surface area contributed by atoms with E-state index in [4.69, 9.17) is 4.74 Å². The second-order valence-corrected chi connectivity index (χ2v) is 9.46. The number of thioether (sulfide) groups is 1. The van der Waals surface area contributed by atoms with Gasteiger partial charge in [-0.3, -0.25) is 9.59 Å². The number of hydrogen-bond acceptors (Lipinski definition) is 10. The predicted octanol–water partition coefficient (Wildman–Crippen LogP) is 3.24. The van der Waals surface area contributed by atoms with Crippen LogP contribution in [-0.4, -0.2) is 65.4 Å². The molecule has 1 aliphatic heterocycles. The van der Waals surface area contributed by atoms with E-state index < -0.39 is 0 Å². The second kappa shape index (κ2) is 11.9. The van der Waals surface area contributed by atoms with Crippen molar-refractivity contribution < 1.29 is 18.7 Å². The number of amides is 1. The van der Waals surface area contributed by atoms with Crippen LogP contribution in [0.15, 0.2) is 47.1 Å². The molecular formula is C23H25FN6O3S2. The van der Waals surface area contributed by atoms with Gasteiger partial charge in [0.05, 0.1) is 30.2 Å². The van der Waals surface area contributed by atoms with Crippen LogP contribution < -0.4 is 15.1 Å². The zero-order valence-electron chi connectivity index (χ0n) is 19.1. The van der Waals surface area contributed by atoms with Crippen LogP contribution in [0, 0.1) is 5.82 Å². The van der Waals surface area contributed by atoms with Gasteiger partial charge in [0.1, 0.15) is 23.0 Å². The molecule has 1 aromatic carbocycles. The Balaban J connectivity index is 1.26. The van der Waals surface area contributed by atoms with Crippen LogP contribution in [0.4, 0.5) is 21.0 Å². The number of carbonyl (C=O) groups excluding carboxylic acids is 2. The number of esters is 1. The average molecular weight is 517 g/mol. The summed E-state index contributed by atoms with van der Waals surface area (Å²) in [6, 6.07) is 8.66. The minimum absolute atomic E-state index is 0.0766. The normalized spacial score (nSPS) is 13.5. The number of piperazine rings is 1. The molecule has 1 aliphatic rings. The van der Waals surface area contributed by atoms with Crippen LogP contribution >= 0.6 is 23.1 Å². The van der Waals surface area contributed by atoms with E-state index >= 15 is 0 Å². The Labute approximate surface area is 210 Å². The molecule has 12 heteroatoms. The maximum atomic E-state index is 14.1. The van der Waals surface area contributed by atoms with E-state index in [9.17, 15) is 14.0 Å².